The van der Waals surface area contributed by atoms with E-state index in [1.165, 1.54) is 38.5 Å². The van der Waals surface area contributed by atoms with Gasteiger partial charge in [-0.1, -0.05) is 19.8 Å². The van der Waals surface area contributed by atoms with Gasteiger partial charge in [0, 0.05) is 6.04 Å². The van der Waals surface area contributed by atoms with Crippen molar-refractivity contribution >= 4 is 0 Å². The zero-order chi connectivity index (χ0) is 7.90. The van der Waals surface area contributed by atoms with Crippen molar-refractivity contribution < 1.29 is 0 Å². The number of hydrogen-bond acceptors (Lipinski definition) is 1. The monoisotopic (exact) mass is 153 g/mol. The molecule has 64 valence electrons. The Morgan fingerprint density at radius 1 is 1.27 bits per heavy atom. The van der Waals surface area contributed by atoms with Gasteiger partial charge in [-0.05, 0) is 37.0 Å². The fraction of sp³-hybridized carbons (Fsp3) is 1.00. The molecule has 0 aromatic carbocycles. The number of hydrogen-bond donors (Lipinski definition) is 1. The van der Waals surface area contributed by atoms with Gasteiger partial charge in [-0.15, -0.1) is 0 Å². The van der Waals surface area contributed by atoms with Gasteiger partial charge < -0.3 is 5.73 Å². The smallest absolute Gasteiger partial charge is 0.0121 e. The van der Waals surface area contributed by atoms with Gasteiger partial charge in [0.1, 0.15) is 0 Å². The SMILES string of the molecule is CC1(C(N)C2CC2)CCCC1. The summed E-state index contributed by atoms with van der Waals surface area (Å²) in [5.41, 5.74) is 6.73. The highest BCUT2D eigenvalue weighted by Crippen LogP contribution is 2.47. The lowest BCUT2D eigenvalue weighted by Crippen LogP contribution is -2.39. The molecule has 2 aliphatic carbocycles. The van der Waals surface area contributed by atoms with Crippen LogP contribution in [-0.4, -0.2) is 6.04 Å². The number of rotatable bonds is 2. The molecule has 0 radical (unpaired) electrons. The van der Waals surface area contributed by atoms with E-state index in [-0.39, 0.29) is 0 Å². The summed E-state index contributed by atoms with van der Waals surface area (Å²) in [4.78, 5) is 0. The average molecular weight is 153 g/mol. The van der Waals surface area contributed by atoms with Crippen molar-refractivity contribution in [1.82, 2.24) is 0 Å². The zero-order valence-corrected chi connectivity index (χ0v) is 7.47. The molecule has 0 bridgehead atoms. The van der Waals surface area contributed by atoms with E-state index in [1.54, 1.807) is 0 Å². The highest BCUT2D eigenvalue weighted by molar-refractivity contribution is 4.97. The molecule has 1 nitrogen and oxygen atoms in total. The Balaban J connectivity index is 1.99. The lowest BCUT2D eigenvalue weighted by Gasteiger charge is -2.31. The molecule has 0 saturated heterocycles. The van der Waals surface area contributed by atoms with Gasteiger partial charge in [-0.2, -0.15) is 0 Å². The van der Waals surface area contributed by atoms with Crippen LogP contribution in [0.4, 0.5) is 0 Å². The minimum atomic E-state index is 0.515. The fourth-order valence-corrected chi connectivity index (χ4v) is 2.54. The summed E-state index contributed by atoms with van der Waals surface area (Å²) in [5.74, 6) is 0.887. The molecule has 2 aliphatic rings. The topological polar surface area (TPSA) is 26.0 Å². The van der Waals surface area contributed by atoms with Crippen LogP contribution in [0, 0.1) is 11.3 Å². The summed E-state index contributed by atoms with van der Waals surface area (Å²) < 4.78 is 0. The Labute approximate surface area is 69.4 Å². The summed E-state index contributed by atoms with van der Waals surface area (Å²) in [5, 5.41) is 0. The zero-order valence-electron chi connectivity index (χ0n) is 7.47. The molecule has 0 aromatic rings. The lowest BCUT2D eigenvalue weighted by molar-refractivity contribution is 0.240. The van der Waals surface area contributed by atoms with E-state index in [4.69, 9.17) is 5.73 Å². The summed E-state index contributed by atoms with van der Waals surface area (Å²) in [7, 11) is 0. The maximum Gasteiger partial charge on any atom is 0.0121 e. The maximum atomic E-state index is 6.22. The van der Waals surface area contributed by atoms with E-state index in [2.05, 4.69) is 6.92 Å². The summed E-state index contributed by atoms with van der Waals surface area (Å²) in [6.07, 6.45) is 8.39. The van der Waals surface area contributed by atoms with Crippen molar-refractivity contribution in [3.05, 3.63) is 0 Å². The first kappa shape index (κ1) is 7.60. The Morgan fingerprint density at radius 2 is 1.82 bits per heavy atom. The Hall–Kier alpha value is -0.0400. The minimum Gasteiger partial charge on any atom is -0.327 e. The molecule has 2 N–H and O–H groups in total. The van der Waals surface area contributed by atoms with Crippen molar-refractivity contribution in [3.8, 4) is 0 Å². The Morgan fingerprint density at radius 3 is 2.27 bits per heavy atom. The molecular weight excluding hydrogens is 134 g/mol. The summed E-state index contributed by atoms with van der Waals surface area (Å²) >= 11 is 0. The van der Waals surface area contributed by atoms with E-state index in [0.717, 1.165) is 5.92 Å². The van der Waals surface area contributed by atoms with Gasteiger partial charge in [0.2, 0.25) is 0 Å². The predicted octanol–water partition coefficient (Wildman–Crippen LogP) is 2.30. The molecule has 2 fully saturated rings. The second-order valence-electron chi connectivity index (χ2n) is 4.72. The maximum absolute atomic E-state index is 6.22. The molecule has 0 aromatic heterocycles. The molecule has 2 saturated carbocycles. The van der Waals surface area contributed by atoms with Gasteiger partial charge in [-0.3, -0.25) is 0 Å². The molecule has 11 heavy (non-hydrogen) atoms. The van der Waals surface area contributed by atoms with Crippen molar-refractivity contribution in [3.63, 3.8) is 0 Å². The highest BCUT2D eigenvalue weighted by atomic mass is 14.7. The van der Waals surface area contributed by atoms with Crippen LogP contribution in [0.15, 0.2) is 0 Å². The first-order chi connectivity index (χ1) is 5.22. The lowest BCUT2D eigenvalue weighted by atomic mass is 9.79. The molecule has 0 heterocycles. The van der Waals surface area contributed by atoms with Gasteiger partial charge in [0.15, 0.2) is 0 Å². The Kier molecular flexibility index (Phi) is 1.71. The van der Waals surface area contributed by atoms with Crippen LogP contribution in [0.2, 0.25) is 0 Å². The van der Waals surface area contributed by atoms with Gasteiger partial charge in [-0.25, -0.2) is 0 Å². The average Bonchev–Trinajstić information content (AvgIpc) is 2.74. The highest BCUT2D eigenvalue weighted by Gasteiger charge is 2.42. The fourth-order valence-electron chi connectivity index (χ4n) is 2.54. The molecule has 0 amide bonds. The van der Waals surface area contributed by atoms with Crippen LogP contribution >= 0.6 is 0 Å². The Bertz CT molecular complexity index is 143. The van der Waals surface area contributed by atoms with E-state index in [0.29, 0.717) is 11.5 Å². The third kappa shape index (κ3) is 1.31. The van der Waals surface area contributed by atoms with Crippen LogP contribution < -0.4 is 5.73 Å². The van der Waals surface area contributed by atoms with E-state index >= 15 is 0 Å². The van der Waals surface area contributed by atoms with E-state index in [1.807, 2.05) is 0 Å². The molecule has 1 heteroatoms. The van der Waals surface area contributed by atoms with Crippen LogP contribution in [0.5, 0.6) is 0 Å². The van der Waals surface area contributed by atoms with Crippen LogP contribution in [0.25, 0.3) is 0 Å². The minimum absolute atomic E-state index is 0.515. The number of nitrogens with two attached hydrogens (primary N) is 1. The van der Waals surface area contributed by atoms with Crippen LogP contribution in [-0.2, 0) is 0 Å². The standard InChI is InChI=1S/C10H19N/c1-10(6-2-3-7-10)9(11)8-4-5-8/h8-9H,2-7,11H2,1H3. The third-order valence-electron chi connectivity index (χ3n) is 3.68. The van der Waals surface area contributed by atoms with E-state index in [9.17, 15) is 0 Å². The molecule has 1 atom stereocenters. The van der Waals surface area contributed by atoms with Gasteiger partial charge >= 0.3 is 0 Å². The molecule has 1 unspecified atom stereocenters. The van der Waals surface area contributed by atoms with Crippen LogP contribution in [0.1, 0.15) is 45.4 Å². The van der Waals surface area contributed by atoms with Crippen molar-refractivity contribution in [1.29, 1.82) is 0 Å². The summed E-state index contributed by atoms with van der Waals surface area (Å²) in [6.45, 7) is 2.39. The van der Waals surface area contributed by atoms with Gasteiger partial charge in [0.25, 0.3) is 0 Å². The van der Waals surface area contributed by atoms with Crippen LogP contribution in [0.3, 0.4) is 0 Å². The quantitative estimate of drug-likeness (QED) is 0.647. The first-order valence-electron chi connectivity index (χ1n) is 4.98. The second kappa shape index (κ2) is 2.48. The predicted molar refractivity (Wildman–Crippen MR) is 47.3 cm³/mol. The molecule has 0 aliphatic heterocycles. The van der Waals surface area contributed by atoms with Gasteiger partial charge in [0.05, 0.1) is 0 Å². The van der Waals surface area contributed by atoms with Crippen molar-refractivity contribution in [2.75, 3.05) is 0 Å². The first-order valence-corrected chi connectivity index (χ1v) is 4.98. The van der Waals surface area contributed by atoms with Crippen molar-refractivity contribution in [2.45, 2.75) is 51.5 Å². The molecular formula is C10H19N. The second-order valence-corrected chi connectivity index (χ2v) is 4.72. The molecule has 0 spiro atoms. The third-order valence-corrected chi connectivity index (χ3v) is 3.68. The normalized spacial score (nSPS) is 32.2. The van der Waals surface area contributed by atoms with E-state index < -0.39 is 0 Å². The van der Waals surface area contributed by atoms with Crippen molar-refractivity contribution in [2.24, 2.45) is 17.1 Å². The largest absolute Gasteiger partial charge is 0.327 e. The molecule has 2 rings (SSSR count). The summed E-state index contributed by atoms with van der Waals surface area (Å²) in [6, 6.07) is 0.519.